The molecule has 100 valence electrons. The highest BCUT2D eigenvalue weighted by atomic mass is 79.9. The van der Waals surface area contributed by atoms with E-state index in [2.05, 4.69) is 25.9 Å². The first-order valence-electron chi connectivity index (χ1n) is 5.57. The van der Waals surface area contributed by atoms with Gasteiger partial charge in [0.05, 0.1) is 20.8 Å². The van der Waals surface area contributed by atoms with Crippen LogP contribution in [0.25, 0.3) is 11.0 Å². The Morgan fingerprint density at radius 2 is 2.05 bits per heavy atom. The second-order valence-corrected chi connectivity index (χ2v) is 5.61. The molecule has 2 aromatic rings. The Morgan fingerprint density at radius 3 is 2.58 bits per heavy atom. The van der Waals surface area contributed by atoms with Crippen LogP contribution in [0.2, 0.25) is 5.02 Å². The average molecular weight is 344 g/mol. The number of carbonyl (C=O) groups is 1. The Labute approximate surface area is 123 Å². The van der Waals surface area contributed by atoms with Gasteiger partial charge in [0.15, 0.2) is 5.65 Å². The number of carbonyl (C=O) groups excluding carboxylic acids is 1. The number of halogens is 2. The van der Waals surface area contributed by atoms with E-state index < -0.39 is 5.91 Å². The molecule has 0 radical (unpaired) electrons. The first-order chi connectivity index (χ1) is 8.82. The minimum absolute atomic E-state index is 0.0561. The molecule has 0 unspecified atom stereocenters. The quantitative estimate of drug-likeness (QED) is 0.876. The van der Waals surface area contributed by atoms with Crippen molar-refractivity contribution in [3.05, 3.63) is 26.8 Å². The molecule has 0 bridgehead atoms. The summed E-state index contributed by atoms with van der Waals surface area (Å²) < 4.78 is 0.693. The molecule has 4 N–H and O–H groups in total. The van der Waals surface area contributed by atoms with Crippen molar-refractivity contribution < 1.29 is 4.79 Å². The zero-order valence-corrected chi connectivity index (χ0v) is 12.7. The van der Waals surface area contributed by atoms with Crippen LogP contribution >= 0.6 is 27.5 Å². The summed E-state index contributed by atoms with van der Waals surface area (Å²) in [5.41, 5.74) is 12.3. The lowest BCUT2D eigenvalue weighted by Crippen LogP contribution is -2.15. The number of nitrogen functional groups attached to an aromatic ring is 1. The van der Waals surface area contributed by atoms with Crippen molar-refractivity contribution >= 4 is 50.3 Å². The van der Waals surface area contributed by atoms with Crippen molar-refractivity contribution in [1.82, 2.24) is 9.97 Å². The molecule has 0 saturated carbocycles. The molecule has 5 nitrogen and oxygen atoms in total. The molecule has 0 aromatic carbocycles. The van der Waals surface area contributed by atoms with Crippen molar-refractivity contribution in [3.8, 4) is 0 Å². The standard InChI is InChI=1S/C12H12BrClN4O/c1-4(2)9-7(13)8(14)5-3-6(11(16)19)10(15)18-12(5)17-9/h3-4H,1-2H3,(H2,16,19)(H2,15,17,18). The summed E-state index contributed by atoms with van der Waals surface area (Å²) in [5.74, 6) is -0.414. The number of hydrogen-bond acceptors (Lipinski definition) is 4. The first-order valence-corrected chi connectivity index (χ1v) is 6.75. The van der Waals surface area contributed by atoms with E-state index in [0.29, 0.717) is 20.5 Å². The Morgan fingerprint density at radius 1 is 1.42 bits per heavy atom. The lowest BCUT2D eigenvalue weighted by atomic mass is 10.1. The van der Waals surface area contributed by atoms with Crippen LogP contribution in [0.3, 0.4) is 0 Å². The average Bonchev–Trinajstić information content (AvgIpc) is 2.32. The smallest absolute Gasteiger partial charge is 0.252 e. The predicted molar refractivity (Wildman–Crippen MR) is 79.3 cm³/mol. The fourth-order valence-electron chi connectivity index (χ4n) is 1.74. The van der Waals surface area contributed by atoms with Gasteiger partial charge in [0.1, 0.15) is 5.82 Å². The Bertz CT molecular complexity index is 687. The van der Waals surface area contributed by atoms with E-state index in [4.69, 9.17) is 23.1 Å². The van der Waals surface area contributed by atoms with Crippen molar-refractivity contribution in [3.63, 3.8) is 0 Å². The molecule has 0 aliphatic carbocycles. The molecule has 0 aliphatic rings. The number of nitrogens with zero attached hydrogens (tertiary/aromatic N) is 2. The highest BCUT2D eigenvalue weighted by Crippen LogP contribution is 2.35. The number of primary amides is 1. The molecule has 0 saturated heterocycles. The van der Waals surface area contributed by atoms with E-state index in [1.165, 1.54) is 6.07 Å². The highest BCUT2D eigenvalue weighted by molar-refractivity contribution is 9.10. The van der Waals surface area contributed by atoms with Crippen molar-refractivity contribution in [2.24, 2.45) is 5.73 Å². The molecule has 0 atom stereocenters. The van der Waals surface area contributed by atoms with Gasteiger partial charge in [-0.2, -0.15) is 0 Å². The van der Waals surface area contributed by atoms with E-state index in [1.807, 2.05) is 13.8 Å². The van der Waals surface area contributed by atoms with Crippen LogP contribution in [0.5, 0.6) is 0 Å². The van der Waals surface area contributed by atoms with Crippen LogP contribution < -0.4 is 11.5 Å². The fraction of sp³-hybridized carbons (Fsp3) is 0.250. The maximum atomic E-state index is 11.3. The van der Waals surface area contributed by atoms with Gasteiger partial charge < -0.3 is 11.5 Å². The zero-order valence-electron chi connectivity index (χ0n) is 10.4. The highest BCUT2D eigenvalue weighted by Gasteiger charge is 2.18. The van der Waals surface area contributed by atoms with Gasteiger partial charge in [-0.1, -0.05) is 25.4 Å². The van der Waals surface area contributed by atoms with Gasteiger partial charge in [0.25, 0.3) is 5.91 Å². The third-order valence-corrected chi connectivity index (χ3v) is 4.15. The molecule has 1 amide bonds. The molecule has 2 heterocycles. The topological polar surface area (TPSA) is 94.9 Å². The number of anilines is 1. The number of rotatable bonds is 2. The summed E-state index contributed by atoms with van der Waals surface area (Å²) in [7, 11) is 0. The van der Waals surface area contributed by atoms with Gasteiger partial charge in [-0.25, -0.2) is 9.97 Å². The van der Waals surface area contributed by atoms with Crippen molar-refractivity contribution in [2.45, 2.75) is 19.8 Å². The monoisotopic (exact) mass is 342 g/mol. The van der Waals surface area contributed by atoms with Crippen molar-refractivity contribution in [2.75, 3.05) is 5.73 Å². The number of hydrogen-bond donors (Lipinski definition) is 2. The molecule has 0 fully saturated rings. The van der Waals surface area contributed by atoms with Crippen LogP contribution in [0.4, 0.5) is 5.82 Å². The number of amides is 1. The van der Waals surface area contributed by atoms with Gasteiger partial charge >= 0.3 is 0 Å². The molecular formula is C12H12BrClN4O. The molecule has 7 heteroatoms. The summed E-state index contributed by atoms with van der Waals surface area (Å²) in [6.45, 7) is 3.99. The van der Waals surface area contributed by atoms with E-state index in [1.54, 1.807) is 0 Å². The van der Waals surface area contributed by atoms with E-state index >= 15 is 0 Å². The number of pyridine rings is 2. The third-order valence-electron chi connectivity index (χ3n) is 2.72. The van der Waals surface area contributed by atoms with Crippen LogP contribution in [0.15, 0.2) is 10.5 Å². The predicted octanol–water partition coefficient (Wildman–Crippen LogP) is 2.85. The normalized spacial score (nSPS) is 11.2. The maximum absolute atomic E-state index is 11.3. The molecular weight excluding hydrogens is 332 g/mol. The van der Waals surface area contributed by atoms with Crippen LogP contribution in [-0.2, 0) is 0 Å². The summed E-state index contributed by atoms with van der Waals surface area (Å²) in [5, 5.41) is 0.990. The largest absolute Gasteiger partial charge is 0.383 e. The van der Waals surface area contributed by atoms with Gasteiger partial charge in [-0.05, 0) is 27.9 Å². The first kappa shape index (κ1) is 14.0. The third kappa shape index (κ3) is 2.37. The summed E-state index contributed by atoms with van der Waals surface area (Å²) in [6.07, 6.45) is 0. The zero-order chi connectivity index (χ0) is 14.3. The van der Waals surface area contributed by atoms with Crippen molar-refractivity contribution in [1.29, 1.82) is 0 Å². The SMILES string of the molecule is CC(C)c1nc2nc(N)c(C(N)=O)cc2c(Cl)c1Br. The maximum Gasteiger partial charge on any atom is 0.252 e. The van der Waals surface area contributed by atoms with Crippen LogP contribution in [0.1, 0.15) is 35.8 Å². The second kappa shape index (κ2) is 4.94. The molecule has 2 rings (SSSR count). The Balaban J connectivity index is 2.85. The van der Waals surface area contributed by atoms with E-state index in [9.17, 15) is 4.79 Å². The van der Waals surface area contributed by atoms with Gasteiger partial charge in [-0.3, -0.25) is 4.79 Å². The molecule has 2 aromatic heterocycles. The molecule has 19 heavy (non-hydrogen) atoms. The van der Waals surface area contributed by atoms with Crippen LogP contribution in [-0.4, -0.2) is 15.9 Å². The minimum atomic E-state index is -0.646. The second-order valence-electron chi connectivity index (χ2n) is 4.44. The summed E-state index contributed by atoms with van der Waals surface area (Å²) in [4.78, 5) is 19.8. The fourth-order valence-corrected chi connectivity index (χ4v) is 2.73. The Hall–Kier alpha value is -1.40. The van der Waals surface area contributed by atoms with Gasteiger partial charge in [0.2, 0.25) is 0 Å². The summed E-state index contributed by atoms with van der Waals surface area (Å²) >= 11 is 9.70. The lowest BCUT2D eigenvalue weighted by molar-refractivity contribution is 0.100. The number of fused-ring (bicyclic) bond motifs is 1. The molecule has 0 aliphatic heterocycles. The molecule has 0 spiro atoms. The lowest BCUT2D eigenvalue weighted by Gasteiger charge is -2.12. The summed E-state index contributed by atoms with van der Waals surface area (Å²) in [6, 6.07) is 1.52. The van der Waals surface area contributed by atoms with Crippen LogP contribution in [0, 0.1) is 0 Å². The van der Waals surface area contributed by atoms with E-state index in [0.717, 1.165) is 5.69 Å². The number of nitrogens with two attached hydrogens (primary N) is 2. The number of aromatic nitrogens is 2. The minimum Gasteiger partial charge on any atom is -0.383 e. The van der Waals surface area contributed by atoms with Gasteiger partial charge in [0, 0.05) is 5.39 Å². The Kier molecular flexibility index (Phi) is 3.64. The van der Waals surface area contributed by atoms with E-state index in [-0.39, 0.29) is 17.3 Å². The van der Waals surface area contributed by atoms with Gasteiger partial charge in [-0.15, -0.1) is 0 Å².